The Morgan fingerprint density at radius 1 is 1.06 bits per heavy atom. The first-order chi connectivity index (χ1) is 15.9. The summed E-state index contributed by atoms with van der Waals surface area (Å²) in [5.74, 6) is 1.01. The van der Waals surface area contributed by atoms with Crippen molar-refractivity contribution in [3.05, 3.63) is 64.8 Å². The third-order valence-electron chi connectivity index (χ3n) is 5.82. The van der Waals surface area contributed by atoms with Crippen LogP contribution >= 0.6 is 0 Å². The molecule has 1 aromatic heterocycles. The van der Waals surface area contributed by atoms with Gasteiger partial charge in [-0.25, -0.2) is 0 Å². The lowest BCUT2D eigenvalue weighted by Crippen LogP contribution is -2.50. The summed E-state index contributed by atoms with van der Waals surface area (Å²) in [4.78, 5) is 26.4. The predicted octanol–water partition coefficient (Wildman–Crippen LogP) is 2.64. The summed E-state index contributed by atoms with van der Waals surface area (Å²) in [6, 6.07) is 11.5. The van der Waals surface area contributed by atoms with E-state index in [4.69, 9.17) is 14.2 Å². The molecule has 0 saturated carbocycles. The van der Waals surface area contributed by atoms with Gasteiger partial charge in [0.15, 0.2) is 11.5 Å². The number of aryl methyl sites for hydroxylation is 2. The van der Waals surface area contributed by atoms with Gasteiger partial charge >= 0.3 is 0 Å². The predicted molar refractivity (Wildman–Crippen MR) is 122 cm³/mol. The number of ether oxygens (including phenoxy) is 3. The molecule has 2 aromatic carbocycles. The number of rotatable bonds is 6. The van der Waals surface area contributed by atoms with E-state index < -0.39 is 17.9 Å². The molecule has 0 spiro atoms. The van der Waals surface area contributed by atoms with Crippen molar-refractivity contribution in [2.75, 3.05) is 26.6 Å². The maximum Gasteiger partial charge on any atom is 0.252 e. The van der Waals surface area contributed by atoms with Crippen LogP contribution in [-0.4, -0.2) is 49.0 Å². The molecule has 2 heterocycles. The summed E-state index contributed by atoms with van der Waals surface area (Å²) in [6.45, 7) is 1.89. The molecule has 0 fully saturated rings. The highest BCUT2D eigenvalue weighted by Crippen LogP contribution is 2.40. The highest BCUT2D eigenvalue weighted by atomic mass is 16.5. The van der Waals surface area contributed by atoms with Crippen molar-refractivity contribution in [3.63, 3.8) is 0 Å². The largest absolute Gasteiger partial charge is 0.497 e. The molecule has 0 aliphatic carbocycles. The molecule has 33 heavy (non-hydrogen) atoms. The van der Waals surface area contributed by atoms with Gasteiger partial charge in [0.2, 0.25) is 5.91 Å². The molecule has 0 radical (unpaired) electrons. The molecular weight excluding hydrogens is 424 g/mol. The lowest BCUT2D eigenvalue weighted by Gasteiger charge is -2.32. The lowest BCUT2D eigenvalue weighted by molar-refractivity contribution is -0.118. The molecule has 2 amide bonds. The van der Waals surface area contributed by atoms with Crippen LogP contribution in [0.5, 0.6) is 17.2 Å². The first-order valence-corrected chi connectivity index (χ1v) is 10.4. The maximum absolute atomic E-state index is 13.2. The van der Waals surface area contributed by atoms with Crippen LogP contribution in [0.25, 0.3) is 0 Å². The van der Waals surface area contributed by atoms with E-state index in [-0.39, 0.29) is 5.91 Å². The number of benzene rings is 2. The number of aromatic nitrogens is 2. The van der Waals surface area contributed by atoms with Gasteiger partial charge in [0, 0.05) is 24.1 Å². The van der Waals surface area contributed by atoms with E-state index in [1.807, 2.05) is 31.2 Å². The number of hydrogen-bond donors (Lipinski definition) is 2. The molecule has 1 aliphatic heterocycles. The fraction of sp³-hybridized carbons (Fsp3) is 0.292. The van der Waals surface area contributed by atoms with Gasteiger partial charge in [-0.2, -0.15) is 5.10 Å². The monoisotopic (exact) mass is 450 g/mol. The fourth-order valence-electron chi connectivity index (χ4n) is 4.25. The minimum atomic E-state index is -0.867. The minimum absolute atomic E-state index is 0.327. The van der Waals surface area contributed by atoms with Crippen LogP contribution in [0.1, 0.15) is 33.1 Å². The number of nitrogens with zero attached hydrogens (tertiary/aromatic N) is 2. The van der Waals surface area contributed by atoms with Gasteiger partial charge in [-0.05, 0) is 42.8 Å². The van der Waals surface area contributed by atoms with Gasteiger partial charge in [-0.3, -0.25) is 14.3 Å². The van der Waals surface area contributed by atoms with Crippen molar-refractivity contribution < 1.29 is 23.8 Å². The molecule has 0 saturated heterocycles. The second-order valence-electron chi connectivity index (χ2n) is 7.74. The molecule has 0 bridgehead atoms. The number of carbonyl (C=O) groups is 2. The number of anilines is 1. The molecule has 4 rings (SSSR count). The zero-order valence-electron chi connectivity index (χ0n) is 19.1. The maximum atomic E-state index is 13.2. The molecular formula is C24H26N4O5. The normalized spacial score (nSPS) is 17.1. The van der Waals surface area contributed by atoms with E-state index in [0.29, 0.717) is 28.6 Å². The summed E-state index contributed by atoms with van der Waals surface area (Å²) in [5, 5.41) is 10.3. The number of amides is 2. The van der Waals surface area contributed by atoms with Crippen LogP contribution in [0.15, 0.2) is 42.5 Å². The van der Waals surface area contributed by atoms with Gasteiger partial charge in [0.1, 0.15) is 17.6 Å². The molecule has 9 heteroatoms. The Morgan fingerprint density at radius 3 is 2.52 bits per heavy atom. The number of nitrogens with one attached hydrogen (secondary N) is 2. The van der Waals surface area contributed by atoms with E-state index in [1.54, 1.807) is 37.0 Å². The van der Waals surface area contributed by atoms with Crippen LogP contribution < -0.4 is 24.8 Å². The SMILES string of the molecule is COc1cccc([C@H]2c3c(C)nn(C)c3NC(=O)[C@@H]2NC(=O)c2ccc(OC)c(OC)c2)c1. The molecule has 172 valence electrons. The summed E-state index contributed by atoms with van der Waals surface area (Å²) in [5.41, 5.74) is 2.80. The molecule has 2 N–H and O–H groups in total. The van der Waals surface area contributed by atoms with Crippen LogP contribution in [0, 0.1) is 6.92 Å². The van der Waals surface area contributed by atoms with E-state index in [1.165, 1.54) is 14.2 Å². The molecule has 9 nitrogen and oxygen atoms in total. The summed E-state index contributed by atoms with van der Waals surface area (Å²) in [7, 11) is 6.39. The Morgan fingerprint density at radius 2 is 1.82 bits per heavy atom. The van der Waals surface area contributed by atoms with Crippen molar-refractivity contribution in [1.29, 1.82) is 0 Å². The topological polar surface area (TPSA) is 104 Å². The first kappa shape index (κ1) is 22.2. The zero-order valence-corrected chi connectivity index (χ0v) is 19.1. The van der Waals surface area contributed by atoms with Crippen molar-refractivity contribution in [3.8, 4) is 17.2 Å². The quantitative estimate of drug-likeness (QED) is 0.599. The molecule has 0 unspecified atom stereocenters. The van der Waals surface area contributed by atoms with Gasteiger partial charge in [-0.15, -0.1) is 0 Å². The van der Waals surface area contributed by atoms with Crippen molar-refractivity contribution in [1.82, 2.24) is 15.1 Å². The Balaban J connectivity index is 1.76. The summed E-state index contributed by atoms with van der Waals surface area (Å²) >= 11 is 0. The second-order valence-corrected chi connectivity index (χ2v) is 7.74. The molecule has 1 aliphatic rings. The summed E-state index contributed by atoms with van der Waals surface area (Å²) in [6.07, 6.45) is 0. The van der Waals surface area contributed by atoms with Crippen LogP contribution in [0.4, 0.5) is 5.82 Å². The molecule has 3 aromatic rings. The third-order valence-corrected chi connectivity index (χ3v) is 5.82. The number of carbonyl (C=O) groups excluding carboxylic acids is 2. The Kier molecular flexibility index (Phi) is 5.95. The minimum Gasteiger partial charge on any atom is -0.497 e. The Labute approximate surface area is 191 Å². The lowest BCUT2D eigenvalue weighted by atomic mass is 9.81. The van der Waals surface area contributed by atoms with Gasteiger partial charge in [0.25, 0.3) is 5.91 Å². The second kappa shape index (κ2) is 8.85. The molecule has 2 atom stereocenters. The standard InChI is InChI=1S/C24H26N4O5/c1-13-19-20(14-7-6-8-16(11-14)31-3)21(24(30)26-22(19)28(2)27-13)25-23(29)15-9-10-17(32-4)18(12-15)33-5/h6-12,20-21H,1-5H3,(H,25,29)(H,26,30)/t20-,21+/m0/s1. The van der Waals surface area contributed by atoms with E-state index in [2.05, 4.69) is 15.7 Å². The Bertz CT molecular complexity index is 1220. The van der Waals surface area contributed by atoms with E-state index in [0.717, 1.165) is 16.8 Å². The highest BCUT2D eigenvalue weighted by molar-refractivity contribution is 6.04. The van der Waals surface area contributed by atoms with Gasteiger partial charge < -0.3 is 24.8 Å². The number of hydrogen-bond acceptors (Lipinski definition) is 6. The number of methoxy groups -OCH3 is 3. The van der Waals surface area contributed by atoms with Gasteiger partial charge in [-0.1, -0.05) is 12.1 Å². The average molecular weight is 450 g/mol. The number of fused-ring (bicyclic) bond motifs is 1. The van der Waals surface area contributed by atoms with Crippen LogP contribution in [0.2, 0.25) is 0 Å². The van der Waals surface area contributed by atoms with Crippen LogP contribution in [-0.2, 0) is 11.8 Å². The van der Waals surface area contributed by atoms with Gasteiger partial charge in [0.05, 0.1) is 27.0 Å². The van der Waals surface area contributed by atoms with E-state index >= 15 is 0 Å². The van der Waals surface area contributed by atoms with Crippen molar-refractivity contribution in [2.24, 2.45) is 7.05 Å². The Hall–Kier alpha value is -4.01. The van der Waals surface area contributed by atoms with Crippen LogP contribution in [0.3, 0.4) is 0 Å². The van der Waals surface area contributed by atoms with Crippen molar-refractivity contribution in [2.45, 2.75) is 18.9 Å². The van der Waals surface area contributed by atoms with Crippen molar-refractivity contribution >= 4 is 17.6 Å². The average Bonchev–Trinajstić information content (AvgIpc) is 3.11. The first-order valence-electron chi connectivity index (χ1n) is 10.4. The zero-order chi connectivity index (χ0) is 23.7. The van der Waals surface area contributed by atoms with E-state index in [9.17, 15) is 9.59 Å². The fourth-order valence-corrected chi connectivity index (χ4v) is 4.25. The smallest absolute Gasteiger partial charge is 0.252 e. The highest BCUT2D eigenvalue weighted by Gasteiger charge is 2.41. The summed E-state index contributed by atoms with van der Waals surface area (Å²) < 4.78 is 17.6. The third kappa shape index (κ3) is 3.97.